The molecular formula is C9H11Cl3OSi. The Kier molecular flexibility index (Phi) is 4.74. The van der Waals surface area contributed by atoms with Crippen molar-refractivity contribution in [3.63, 3.8) is 0 Å². The van der Waals surface area contributed by atoms with Crippen molar-refractivity contribution in [1.82, 2.24) is 0 Å². The summed E-state index contributed by atoms with van der Waals surface area (Å²) in [4.78, 5) is 0. The average molecular weight is 270 g/mol. The van der Waals surface area contributed by atoms with Crippen LogP contribution in [0.25, 0.3) is 0 Å². The molecule has 0 aliphatic heterocycles. The Labute approximate surface area is 99.0 Å². The Morgan fingerprint density at radius 3 is 2.21 bits per heavy atom. The van der Waals surface area contributed by atoms with Gasteiger partial charge in [0.05, 0.1) is 6.10 Å². The molecule has 0 aliphatic rings. The first kappa shape index (κ1) is 12.3. The fraction of sp³-hybridized carbons (Fsp3) is 0.333. The van der Waals surface area contributed by atoms with Gasteiger partial charge in [-0.2, -0.15) is 0 Å². The number of rotatable bonds is 4. The molecule has 0 saturated carbocycles. The van der Waals surface area contributed by atoms with Crippen LogP contribution >= 0.6 is 33.2 Å². The van der Waals surface area contributed by atoms with Crippen LogP contribution in [0.5, 0.6) is 0 Å². The van der Waals surface area contributed by atoms with Crippen LogP contribution in [-0.4, -0.2) is 13.1 Å². The van der Waals surface area contributed by atoms with Gasteiger partial charge in [-0.05, 0) is 5.56 Å². The third-order valence-corrected chi connectivity index (χ3v) is 4.10. The predicted octanol–water partition coefficient (Wildman–Crippen LogP) is 4.03. The lowest BCUT2D eigenvalue weighted by atomic mass is 10.1. The lowest BCUT2D eigenvalue weighted by Gasteiger charge is -2.18. The molecule has 0 bridgehead atoms. The summed E-state index contributed by atoms with van der Waals surface area (Å²) in [7, 11) is 1.63. The van der Waals surface area contributed by atoms with Crippen molar-refractivity contribution in [3.05, 3.63) is 35.9 Å². The van der Waals surface area contributed by atoms with E-state index in [4.69, 9.17) is 38.0 Å². The van der Waals surface area contributed by atoms with Crippen molar-refractivity contribution in [2.24, 2.45) is 0 Å². The molecule has 1 rings (SSSR count). The van der Waals surface area contributed by atoms with Gasteiger partial charge in [0, 0.05) is 13.2 Å². The van der Waals surface area contributed by atoms with E-state index in [-0.39, 0.29) is 6.10 Å². The fourth-order valence-electron chi connectivity index (χ4n) is 1.22. The summed E-state index contributed by atoms with van der Waals surface area (Å²) in [6, 6.07) is 7.63. The van der Waals surface area contributed by atoms with Crippen molar-refractivity contribution in [2.75, 3.05) is 7.11 Å². The number of methoxy groups -OCH3 is 1. The third-order valence-electron chi connectivity index (χ3n) is 1.87. The highest BCUT2D eigenvalue weighted by Gasteiger charge is 2.30. The zero-order valence-electron chi connectivity index (χ0n) is 7.71. The van der Waals surface area contributed by atoms with E-state index in [0.29, 0.717) is 6.04 Å². The largest absolute Gasteiger partial charge is 0.377 e. The molecular weight excluding hydrogens is 259 g/mol. The van der Waals surface area contributed by atoms with E-state index in [1.165, 1.54) is 0 Å². The minimum Gasteiger partial charge on any atom is -0.377 e. The maximum absolute atomic E-state index is 5.85. The molecule has 1 unspecified atom stereocenters. The second kappa shape index (κ2) is 5.38. The van der Waals surface area contributed by atoms with Gasteiger partial charge in [-0.25, -0.2) is 0 Å². The molecule has 1 aromatic carbocycles. The van der Waals surface area contributed by atoms with Crippen LogP contribution in [0, 0.1) is 0 Å². The van der Waals surface area contributed by atoms with E-state index in [0.717, 1.165) is 5.56 Å². The van der Waals surface area contributed by atoms with Crippen LogP contribution in [0.4, 0.5) is 0 Å². The Hall–Kier alpha value is 0.267. The maximum atomic E-state index is 5.85. The second-order valence-corrected chi connectivity index (χ2v) is 12.1. The van der Waals surface area contributed by atoms with Gasteiger partial charge in [-0.3, -0.25) is 0 Å². The highest BCUT2D eigenvalue weighted by atomic mass is 35.8. The Bertz CT molecular complexity index is 273. The Morgan fingerprint density at radius 1 is 1.21 bits per heavy atom. The molecule has 0 amide bonds. The van der Waals surface area contributed by atoms with Gasteiger partial charge in [0.15, 0.2) is 0 Å². The van der Waals surface area contributed by atoms with E-state index in [9.17, 15) is 0 Å². The number of hydrogen-bond donors (Lipinski definition) is 0. The van der Waals surface area contributed by atoms with Gasteiger partial charge in [0.1, 0.15) is 0 Å². The Morgan fingerprint density at radius 2 is 1.79 bits per heavy atom. The summed E-state index contributed by atoms with van der Waals surface area (Å²) in [5.74, 6) is 0. The first-order chi connectivity index (χ1) is 6.53. The van der Waals surface area contributed by atoms with E-state index < -0.39 is 6.00 Å². The van der Waals surface area contributed by atoms with Crippen LogP contribution in [0.3, 0.4) is 0 Å². The van der Waals surface area contributed by atoms with Gasteiger partial charge in [-0.15, -0.1) is 33.2 Å². The zero-order chi connectivity index (χ0) is 10.6. The monoisotopic (exact) mass is 268 g/mol. The molecule has 5 heteroatoms. The third kappa shape index (κ3) is 4.19. The quantitative estimate of drug-likeness (QED) is 0.592. The number of ether oxygens (including phenoxy) is 1. The standard InChI is InChI=1S/C9H11Cl3OSi/c1-13-9(7-14(10,11)12)8-5-3-2-4-6-8/h2-6,9H,7H2,1H3. The smallest absolute Gasteiger partial charge is 0.344 e. The van der Waals surface area contributed by atoms with Crippen LogP contribution in [0.2, 0.25) is 6.04 Å². The molecule has 0 fully saturated rings. The first-order valence-electron chi connectivity index (χ1n) is 4.17. The van der Waals surface area contributed by atoms with Gasteiger partial charge in [-0.1, -0.05) is 30.3 Å². The van der Waals surface area contributed by atoms with Crippen molar-refractivity contribution < 1.29 is 4.74 Å². The van der Waals surface area contributed by atoms with Crippen molar-refractivity contribution in [2.45, 2.75) is 12.1 Å². The van der Waals surface area contributed by atoms with E-state index in [1.807, 2.05) is 30.3 Å². The molecule has 0 spiro atoms. The second-order valence-electron chi connectivity index (χ2n) is 2.95. The highest BCUT2D eigenvalue weighted by molar-refractivity contribution is 7.64. The maximum Gasteiger partial charge on any atom is 0.344 e. The summed E-state index contributed by atoms with van der Waals surface area (Å²) in [5.41, 5.74) is 1.05. The van der Waals surface area contributed by atoms with Crippen LogP contribution in [-0.2, 0) is 4.74 Å². The molecule has 1 nitrogen and oxygen atoms in total. The van der Waals surface area contributed by atoms with Gasteiger partial charge in [0.25, 0.3) is 0 Å². The van der Waals surface area contributed by atoms with Gasteiger partial charge >= 0.3 is 6.00 Å². The van der Waals surface area contributed by atoms with Crippen LogP contribution in [0.15, 0.2) is 30.3 Å². The van der Waals surface area contributed by atoms with Crippen LogP contribution < -0.4 is 0 Å². The summed E-state index contributed by atoms with van der Waals surface area (Å²) in [6.07, 6.45) is -0.115. The predicted molar refractivity (Wildman–Crippen MR) is 64.3 cm³/mol. The van der Waals surface area contributed by atoms with Crippen LogP contribution in [0.1, 0.15) is 11.7 Å². The molecule has 0 aromatic heterocycles. The Balaban J connectivity index is 2.73. The normalized spacial score (nSPS) is 14.0. The minimum absolute atomic E-state index is 0.115. The summed E-state index contributed by atoms with van der Waals surface area (Å²) >= 11 is 17.5. The van der Waals surface area contributed by atoms with Crippen molar-refractivity contribution >= 4 is 39.2 Å². The van der Waals surface area contributed by atoms with E-state index >= 15 is 0 Å². The minimum atomic E-state index is -2.63. The lowest BCUT2D eigenvalue weighted by molar-refractivity contribution is 0.119. The molecule has 78 valence electrons. The first-order valence-corrected chi connectivity index (χ1v) is 9.41. The number of benzene rings is 1. The molecule has 0 aliphatic carbocycles. The molecule has 1 atom stereocenters. The molecule has 0 radical (unpaired) electrons. The van der Waals surface area contributed by atoms with Gasteiger partial charge in [0.2, 0.25) is 0 Å². The topological polar surface area (TPSA) is 9.23 Å². The van der Waals surface area contributed by atoms with Gasteiger partial charge < -0.3 is 4.74 Å². The summed E-state index contributed by atoms with van der Waals surface area (Å²) in [5, 5.41) is 0. The zero-order valence-corrected chi connectivity index (χ0v) is 11.0. The lowest BCUT2D eigenvalue weighted by Crippen LogP contribution is -2.15. The molecule has 0 N–H and O–H groups in total. The molecule has 1 aromatic rings. The summed E-state index contributed by atoms with van der Waals surface area (Å²) < 4.78 is 5.29. The molecule has 0 saturated heterocycles. The average Bonchev–Trinajstić information content (AvgIpc) is 2.14. The van der Waals surface area contributed by atoms with Crippen molar-refractivity contribution in [1.29, 1.82) is 0 Å². The summed E-state index contributed by atoms with van der Waals surface area (Å²) in [6.45, 7) is 0. The molecule has 14 heavy (non-hydrogen) atoms. The molecule has 0 heterocycles. The SMILES string of the molecule is COC(C[Si](Cl)(Cl)Cl)c1ccccc1. The van der Waals surface area contributed by atoms with E-state index in [1.54, 1.807) is 7.11 Å². The fourth-order valence-corrected chi connectivity index (χ4v) is 3.30. The van der Waals surface area contributed by atoms with Crippen molar-refractivity contribution in [3.8, 4) is 0 Å². The number of hydrogen-bond acceptors (Lipinski definition) is 1. The highest BCUT2D eigenvalue weighted by Crippen LogP contribution is 2.34. The van der Waals surface area contributed by atoms with E-state index in [2.05, 4.69) is 0 Å². The number of halogens is 3.